The number of nitrogens with zero attached hydrogens (tertiary/aromatic N) is 7. The van der Waals surface area contributed by atoms with Gasteiger partial charge in [-0.25, -0.2) is 33.0 Å². The second-order valence-electron chi connectivity index (χ2n) is 9.73. The van der Waals surface area contributed by atoms with E-state index < -0.39 is 9.84 Å². The van der Waals surface area contributed by atoms with Gasteiger partial charge in [0.25, 0.3) is 5.91 Å². The number of hydrogen-bond donors (Lipinski definition) is 1. The van der Waals surface area contributed by atoms with Crippen LogP contribution in [0.25, 0.3) is 22.3 Å². The number of sulfone groups is 1. The fraction of sp³-hybridized carbons (Fsp3) is 0.214. The predicted octanol–water partition coefficient (Wildman–Crippen LogP) is 3.54. The zero-order valence-corrected chi connectivity index (χ0v) is 22.9. The van der Waals surface area contributed by atoms with Crippen molar-refractivity contribution in [1.82, 2.24) is 34.6 Å². The Hall–Kier alpha value is -4.91. The number of fused-ring (bicyclic) bond motifs is 1. The van der Waals surface area contributed by atoms with Crippen LogP contribution in [0, 0.1) is 0 Å². The molecule has 1 aliphatic rings. The zero-order valence-electron chi connectivity index (χ0n) is 22.1. The van der Waals surface area contributed by atoms with E-state index in [1.807, 2.05) is 54.6 Å². The summed E-state index contributed by atoms with van der Waals surface area (Å²) in [6, 6.07) is 18.3. The van der Waals surface area contributed by atoms with Gasteiger partial charge in [-0.2, -0.15) is 5.10 Å². The van der Waals surface area contributed by atoms with E-state index in [4.69, 9.17) is 15.6 Å². The molecule has 0 bridgehead atoms. The molecule has 0 aliphatic carbocycles. The number of aromatic nitrogens is 6. The number of carbonyl (C=O) groups is 1. The molecule has 1 atom stereocenters. The zero-order chi connectivity index (χ0) is 28.6. The number of nitrogen functional groups attached to an aromatic ring is 1. The molecule has 0 unspecified atom stereocenters. The number of anilines is 1. The van der Waals surface area contributed by atoms with E-state index in [1.54, 1.807) is 9.58 Å². The van der Waals surface area contributed by atoms with E-state index >= 15 is 0 Å². The lowest BCUT2D eigenvalue weighted by Gasteiger charge is -2.32. The van der Waals surface area contributed by atoms with Gasteiger partial charge in [0.15, 0.2) is 5.65 Å². The number of ether oxygens (including phenoxy) is 1. The number of nitrogens with two attached hydrogens (primary N) is 1. The van der Waals surface area contributed by atoms with Crippen molar-refractivity contribution in [2.75, 3.05) is 25.1 Å². The summed E-state index contributed by atoms with van der Waals surface area (Å²) in [6.45, 7) is 0.834. The molecule has 12 nitrogen and oxygen atoms in total. The Bertz CT molecular complexity index is 1840. The summed E-state index contributed by atoms with van der Waals surface area (Å²) in [6.07, 6.45) is 5.15. The monoisotopic (exact) mass is 570 g/mol. The van der Waals surface area contributed by atoms with E-state index in [0.717, 1.165) is 24.0 Å². The lowest BCUT2D eigenvalue weighted by Crippen LogP contribution is -2.41. The first kappa shape index (κ1) is 26.3. The normalized spacial score (nSPS) is 15.6. The first-order valence-electron chi connectivity index (χ1n) is 12.9. The van der Waals surface area contributed by atoms with Crippen LogP contribution in [0.3, 0.4) is 0 Å². The van der Waals surface area contributed by atoms with Crippen LogP contribution in [-0.2, 0) is 9.84 Å². The van der Waals surface area contributed by atoms with Crippen LogP contribution < -0.4 is 10.5 Å². The molecule has 0 saturated carbocycles. The molecule has 2 N–H and O–H groups in total. The summed E-state index contributed by atoms with van der Waals surface area (Å²) in [7, 11) is -3.66. The Balaban J connectivity index is 1.30. The average molecular weight is 571 g/mol. The molecule has 1 aliphatic heterocycles. The van der Waals surface area contributed by atoms with Crippen molar-refractivity contribution in [3.8, 4) is 22.8 Å². The smallest absolute Gasteiger partial charge is 0.272 e. The Morgan fingerprint density at radius 3 is 2.51 bits per heavy atom. The van der Waals surface area contributed by atoms with Crippen molar-refractivity contribution in [1.29, 1.82) is 0 Å². The highest BCUT2D eigenvalue weighted by Gasteiger charge is 2.30. The van der Waals surface area contributed by atoms with Gasteiger partial charge in [0.05, 0.1) is 11.4 Å². The van der Waals surface area contributed by atoms with Gasteiger partial charge in [-0.1, -0.05) is 18.2 Å². The lowest BCUT2D eigenvalue weighted by atomic mass is 10.1. The van der Waals surface area contributed by atoms with Crippen molar-refractivity contribution < 1.29 is 17.9 Å². The molecule has 6 rings (SSSR count). The van der Waals surface area contributed by atoms with E-state index in [1.165, 1.54) is 18.6 Å². The standard InChI is InChI=1S/C28H26N8O4S/c1-41(38,39)28-30-14-13-22(33-28)27(37)35-15-5-6-19(16-35)36-26-23(25(29)31-17-32-26)24(34-36)18-9-11-21(12-10-18)40-20-7-3-2-4-8-20/h2-4,7-14,17,19H,5-6,15-16H2,1H3,(H2,29,31,32)/t19-/m0/s1. The van der Waals surface area contributed by atoms with E-state index in [0.29, 0.717) is 47.8 Å². The predicted molar refractivity (Wildman–Crippen MR) is 151 cm³/mol. The highest BCUT2D eigenvalue weighted by atomic mass is 32.2. The van der Waals surface area contributed by atoms with Crippen molar-refractivity contribution >= 4 is 32.6 Å². The maximum atomic E-state index is 13.3. The third kappa shape index (κ3) is 5.31. The van der Waals surface area contributed by atoms with Crippen molar-refractivity contribution in [3.05, 3.63) is 78.9 Å². The van der Waals surface area contributed by atoms with Gasteiger partial charge in [-0.15, -0.1) is 0 Å². The molecule has 1 saturated heterocycles. The van der Waals surface area contributed by atoms with Gasteiger partial charge in [0, 0.05) is 31.1 Å². The summed E-state index contributed by atoms with van der Waals surface area (Å²) < 4.78 is 31.5. The van der Waals surface area contributed by atoms with Crippen LogP contribution in [0.15, 0.2) is 78.3 Å². The maximum absolute atomic E-state index is 13.3. The molecule has 13 heteroatoms. The van der Waals surface area contributed by atoms with Crippen LogP contribution >= 0.6 is 0 Å². The number of likely N-dealkylation sites (tertiary alicyclic amines) is 1. The molecule has 208 valence electrons. The summed E-state index contributed by atoms with van der Waals surface area (Å²) in [5.74, 6) is 1.34. The molecule has 4 heterocycles. The van der Waals surface area contributed by atoms with Gasteiger partial charge < -0.3 is 15.4 Å². The summed E-state index contributed by atoms with van der Waals surface area (Å²) in [5, 5.41) is 5.16. The van der Waals surface area contributed by atoms with Crippen LogP contribution in [0.5, 0.6) is 11.5 Å². The molecule has 2 aromatic carbocycles. The van der Waals surface area contributed by atoms with Crippen molar-refractivity contribution in [3.63, 3.8) is 0 Å². The summed E-state index contributed by atoms with van der Waals surface area (Å²) >= 11 is 0. The Labute approximate surface area is 235 Å². The van der Waals surface area contributed by atoms with Gasteiger partial charge in [0.1, 0.15) is 35.0 Å². The largest absolute Gasteiger partial charge is 0.457 e. The van der Waals surface area contributed by atoms with Gasteiger partial charge in [0.2, 0.25) is 15.0 Å². The number of para-hydroxylation sites is 1. The Morgan fingerprint density at radius 2 is 1.76 bits per heavy atom. The minimum absolute atomic E-state index is 0.0245. The molecule has 5 aromatic rings. The quantitative estimate of drug-likeness (QED) is 0.299. The highest BCUT2D eigenvalue weighted by Crippen LogP contribution is 2.35. The molecular formula is C28H26N8O4S. The number of piperidine rings is 1. The molecule has 3 aromatic heterocycles. The third-order valence-corrected chi connectivity index (χ3v) is 7.70. The number of carbonyl (C=O) groups excluding carboxylic acids is 1. The fourth-order valence-electron chi connectivity index (χ4n) is 4.90. The SMILES string of the molecule is CS(=O)(=O)c1nccc(C(=O)N2CCC[C@H](n3nc(-c4ccc(Oc5ccccc5)cc4)c4c(N)ncnc43)C2)n1. The Kier molecular flexibility index (Phi) is 6.79. The Morgan fingerprint density at radius 1 is 1.00 bits per heavy atom. The minimum atomic E-state index is -3.66. The molecule has 1 amide bonds. The lowest BCUT2D eigenvalue weighted by molar-refractivity contribution is 0.0668. The molecule has 1 fully saturated rings. The number of amides is 1. The van der Waals surface area contributed by atoms with Crippen LogP contribution in [0.2, 0.25) is 0 Å². The van der Waals surface area contributed by atoms with Gasteiger partial charge in [-0.05, 0) is 55.3 Å². The van der Waals surface area contributed by atoms with Crippen LogP contribution in [-0.4, -0.2) is 68.3 Å². The van der Waals surface area contributed by atoms with Gasteiger partial charge >= 0.3 is 0 Å². The number of rotatable bonds is 6. The third-order valence-electron chi connectivity index (χ3n) is 6.84. The topological polar surface area (TPSA) is 159 Å². The van der Waals surface area contributed by atoms with Crippen molar-refractivity contribution in [2.24, 2.45) is 0 Å². The fourth-order valence-corrected chi connectivity index (χ4v) is 5.41. The molecule has 41 heavy (non-hydrogen) atoms. The minimum Gasteiger partial charge on any atom is -0.457 e. The molecule has 0 spiro atoms. The highest BCUT2D eigenvalue weighted by molar-refractivity contribution is 7.90. The summed E-state index contributed by atoms with van der Waals surface area (Å²) in [4.78, 5) is 31.4. The number of hydrogen-bond acceptors (Lipinski definition) is 10. The van der Waals surface area contributed by atoms with E-state index in [2.05, 4.69) is 19.9 Å². The summed E-state index contributed by atoms with van der Waals surface area (Å²) in [5.41, 5.74) is 8.34. The van der Waals surface area contributed by atoms with Crippen molar-refractivity contribution in [2.45, 2.75) is 24.0 Å². The molecule has 0 radical (unpaired) electrons. The second-order valence-corrected chi connectivity index (χ2v) is 11.6. The van der Waals surface area contributed by atoms with E-state index in [9.17, 15) is 13.2 Å². The first-order valence-corrected chi connectivity index (χ1v) is 14.8. The first-order chi connectivity index (χ1) is 19.8. The van der Waals surface area contributed by atoms with Gasteiger partial charge in [-0.3, -0.25) is 4.79 Å². The average Bonchev–Trinajstić information content (AvgIpc) is 3.38. The van der Waals surface area contributed by atoms with Crippen LogP contribution in [0.1, 0.15) is 29.4 Å². The van der Waals surface area contributed by atoms with Crippen LogP contribution in [0.4, 0.5) is 5.82 Å². The number of benzene rings is 2. The van der Waals surface area contributed by atoms with E-state index in [-0.39, 0.29) is 22.8 Å². The second kappa shape index (κ2) is 10.6. The molecular weight excluding hydrogens is 544 g/mol. The maximum Gasteiger partial charge on any atom is 0.272 e.